The molecule has 0 unspecified atom stereocenters. The van der Waals surface area contributed by atoms with Crippen LogP contribution < -0.4 is 4.72 Å². The van der Waals surface area contributed by atoms with Crippen LogP contribution in [0.25, 0.3) is 0 Å². The Bertz CT molecular complexity index is 584. The van der Waals surface area contributed by atoms with Crippen LogP contribution in [0.15, 0.2) is 16.5 Å². The highest BCUT2D eigenvalue weighted by atomic mass is 35.5. The van der Waals surface area contributed by atoms with Gasteiger partial charge in [0.15, 0.2) is 11.0 Å². The van der Waals surface area contributed by atoms with E-state index in [4.69, 9.17) is 16.0 Å². The van der Waals surface area contributed by atoms with Gasteiger partial charge in [0.05, 0.1) is 6.26 Å². The van der Waals surface area contributed by atoms with Crippen molar-refractivity contribution in [2.45, 2.75) is 12.8 Å². The van der Waals surface area contributed by atoms with Crippen molar-refractivity contribution >= 4 is 27.5 Å². The quantitative estimate of drug-likeness (QED) is 0.907. The number of rotatable bonds is 4. The molecule has 2 heterocycles. The summed E-state index contributed by atoms with van der Waals surface area (Å²) in [6.45, 7) is 1.51. The fraction of sp³-hybridized carbons (Fsp3) is 0.583. The van der Waals surface area contributed by atoms with Crippen molar-refractivity contribution < 1.29 is 17.6 Å². The van der Waals surface area contributed by atoms with Crippen LogP contribution in [0, 0.1) is 5.92 Å². The van der Waals surface area contributed by atoms with Gasteiger partial charge in [0.2, 0.25) is 10.0 Å². The molecular formula is C12H17ClN2O4S. The molecule has 1 aliphatic rings. The maximum absolute atomic E-state index is 12.2. The zero-order valence-electron chi connectivity index (χ0n) is 11.1. The fourth-order valence-electron chi connectivity index (χ4n) is 2.27. The molecular weight excluding hydrogens is 304 g/mol. The van der Waals surface area contributed by atoms with Crippen LogP contribution >= 0.6 is 11.6 Å². The van der Waals surface area contributed by atoms with Crippen LogP contribution in [-0.2, 0) is 10.0 Å². The molecule has 0 radical (unpaired) electrons. The van der Waals surface area contributed by atoms with E-state index in [1.165, 1.54) is 6.07 Å². The number of hydrogen-bond acceptors (Lipinski definition) is 4. The summed E-state index contributed by atoms with van der Waals surface area (Å²) < 4.78 is 29.8. The topological polar surface area (TPSA) is 79.6 Å². The monoisotopic (exact) mass is 320 g/mol. The van der Waals surface area contributed by atoms with Gasteiger partial charge in [-0.3, -0.25) is 4.79 Å². The zero-order valence-corrected chi connectivity index (χ0v) is 12.7. The van der Waals surface area contributed by atoms with E-state index in [0.29, 0.717) is 19.6 Å². The lowest BCUT2D eigenvalue weighted by molar-refractivity contribution is 0.0644. The first kappa shape index (κ1) is 15.3. The van der Waals surface area contributed by atoms with Gasteiger partial charge < -0.3 is 9.32 Å². The number of nitrogens with zero attached hydrogens (tertiary/aromatic N) is 1. The number of piperidine rings is 1. The Morgan fingerprint density at radius 2 is 2.30 bits per heavy atom. The van der Waals surface area contributed by atoms with Gasteiger partial charge in [-0.15, -0.1) is 0 Å². The van der Waals surface area contributed by atoms with Crippen molar-refractivity contribution in [1.82, 2.24) is 9.62 Å². The van der Waals surface area contributed by atoms with Crippen LogP contribution in [0.2, 0.25) is 5.22 Å². The smallest absolute Gasteiger partial charge is 0.289 e. The molecule has 2 rings (SSSR count). The highest BCUT2D eigenvalue weighted by Crippen LogP contribution is 2.20. The van der Waals surface area contributed by atoms with Gasteiger partial charge in [-0.1, -0.05) is 0 Å². The van der Waals surface area contributed by atoms with E-state index < -0.39 is 10.0 Å². The minimum absolute atomic E-state index is 0.118. The molecule has 0 saturated carbocycles. The van der Waals surface area contributed by atoms with Crippen molar-refractivity contribution in [3.63, 3.8) is 0 Å². The number of halogens is 1. The van der Waals surface area contributed by atoms with Crippen LogP contribution in [0.4, 0.5) is 0 Å². The first-order valence-corrected chi connectivity index (χ1v) is 8.61. The number of sulfonamides is 1. The molecule has 0 aliphatic carbocycles. The molecule has 1 atom stereocenters. The SMILES string of the molecule is CS(=O)(=O)NC[C@H]1CCCN(C(=O)c2ccc(Cl)o2)C1. The molecule has 1 fully saturated rings. The Balaban J connectivity index is 1.94. The zero-order chi connectivity index (χ0) is 14.8. The lowest BCUT2D eigenvalue weighted by Crippen LogP contribution is -2.43. The number of carbonyl (C=O) groups is 1. The molecule has 1 saturated heterocycles. The highest BCUT2D eigenvalue weighted by molar-refractivity contribution is 7.88. The molecule has 0 spiro atoms. The largest absolute Gasteiger partial charge is 0.440 e. The fourth-order valence-corrected chi connectivity index (χ4v) is 2.95. The molecule has 0 bridgehead atoms. The summed E-state index contributed by atoms with van der Waals surface area (Å²) in [4.78, 5) is 13.9. The van der Waals surface area contributed by atoms with E-state index >= 15 is 0 Å². The molecule has 1 aromatic rings. The lowest BCUT2D eigenvalue weighted by Gasteiger charge is -2.32. The first-order valence-electron chi connectivity index (χ1n) is 6.34. The van der Waals surface area contributed by atoms with Gasteiger partial charge in [0.1, 0.15) is 0 Å². The van der Waals surface area contributed by atoms with Crippen LogP contribution in [0.3, 0.4) is 0 Å². The number of furan rings is 1. The number of amides is 1. The summed E-state index contributed by atoms with van der Waals surface area (Å²) in [5.41, 5.74) is 0. The lowest BCUT2D eigenvalue weighted by atomic mass is 9.98. The molecule has 1 aromatic heterocycles. The summed E-state index contributed by atoms with van der Waals surface area (Å²) in [7, 11) is -3.20. The molecule has 1 N–H and O–H groups in total. The van der Waals surface area contributed by atoms with Gasteiger partial charge in [0.25, 0.3) is 5.91 Å². The summed E-state index contributed by atoms with van der Waals surface area (Å²) in [5, 5.41) is 0.181. The Morgan fingerprint density at radius 3 is 2.90 bits per heavy atom. The number of carbonyl (C=O) groups excluding carboxylic acids is 1. The third kappa shape index (κ3) is 4.22. The Kier molecular flexibility index (Phi) is 4.72. The van der Waals surface area contributed by atoms with Gasteiger partial charge in [0, 0.05) is 19.6 Å². The minimum atomic E-state index is -3.20. The Labute approximate surface area is 123 Å². The van der Waals surface area contributed by atoms with Crippen molar-refractivity contribution in [3.8, 4) is 0 Å². The predicted octanol–water partition coefficient (Wildman–Crippen LogP) is 1.33. The average Bonchev–Trinajstić information content (AvgIpc) is 2.82. The van der Waals surface area contributed by atoms with Crippen molar-refractivity contribution in [3.05, 3.63) is 23.1 Å². The van der Waals surface area contributed by atoms with Crippen LogP contribution in [0.5, 0.6) is 0 Å². The summed E-state index contributed by atoms with van der Waals surface area (Å²) in [6, 6.07) is 3.07. The van der Waals surface area contributed by atoms with E-state index in [0.717, 1.165) is 19.1 Å². The minimum Gasteiger partial charge on any atom is -0.440 e. The molecule has 6 nitrogen and oxygen atoms in total. The van der Waals surface area contributed by atoms with E-state index in [1.807, 2.05) is 0 Å². The normalized spacial score (nSPS) is 20.1. The van der Waals surface area contributed by atoms with E-state index in [-0.39, 0.29) is 22.8 Å². The average molecular weight is 321 g/mol. The van der Waals surface area contributed by atoms with Crippen molar-refractivity contribution in [2.24, 2.45) is 5.92 Å². The number of nitrogens with one attached hydrogen (secondary N) is 1. The predicted molar refractivity (Wildman–Crippen MR) is 75.2 cm³/mol. The Hall–Kier alpha value is -1.05. The third-order valence-electron chi connectivity index (χ3n) is 3.22. The highest BCUT2D eigenvalue weighted by Gasteiger charge is 2.26. The van der Waals surface area contributed by atoms with E-state index in [1.54, 1.807) is 11.0 Å². The van der Waals surface area contributed by atoms with Gasteiger partial charge in [-0.2, -0.15) is 0 Å². The second-order valence-electron chi connectivity index (χ2n) is 4.98. The second-order valence-corrected chi connectivity index (χ2v) is 7.19. The summed E-state index contributed by atoms with van der Waals surface area (Å²) >= 11 is 5.66. The van der Waals surface area contributed by atoms with Gasteiger partial charge in [-0.25, -0.2) is 13.1 Å². The van der Waals surface area contributed by atoms with Gasteiger partial charge in [-0.05, 0) is 42.5 Å². The number of hydrogen-bond donors (Lipinski definition) is 1. The van der Waals surface area contributed by atoms with E-state index in [9.17, 15) is 13.2 Å². The maximum atomic E-state index is 12.2. The second kappa shape index (κ2) is 6.15. The maximum Gasteiger partial charge on any atom is 0.289 e. The molecule has 20 heavy (non-hydrogen) atoms. The third-order valence-corrected chi connectivity index (χ3v) is 4.12. The first-order chi connectivity index (χ1) is 9.35. The van der Waals surface area contributed by atoms with Gasteiger partial charge >= 0.3 is 0 Å². The van der Waals surface area contributed by atoms with Crippen LogP contribution in [0.1, 0.15) is 23.4 Å². The molecule has 8 heteroatoms. The Morgan fingerprint density at radius 1 is 1.55 bits per heavy atom. The molecule has 1 amide bonds. The van der Waals surface area contributed by atoms with Crippen molar-refractivity contribution in [2.75, 3.05) is 25.9 Å². The molecule has 112 valence electrons. The summed E-state index contributed by atoms with van der Waals surface area (Å²) in [6.07, 6.45) is 2.87. The molecule has 0 aromatic carbocycles. The standard InChI is InChI=1S/C12H17ClN2O4S/c1-20(17,18)14-7-9-3-2-6-15(8-9)12(16)10-4-5-11(13)19-10/h4-5,9,14H,2-3,6-8H2,1H3/t9-/m1/s1. The molecule has 1 aliphatic heterocycles. The van der Waals surface area contributed by atoms with Crippen LogP contribution in [-0.4, -0.2) is 45.1 Å². The number of likely N-dealkylation sites (tertiary alicyclic amines) is 1. The summed E-state index contributed by atoms with van der Waals surface area (Å²) in [5.74, 6) is 0.125. The van der Waals surface area contributed by atoms with Crippen molar-refractivity contribution in [1.29, 1.82) is 0 Å². The van der Waals surface area contributed by atoms with E-state index in [2.05, 4.69) is 4.72 Å².